The van der Waals surface area contributed by atoms with Crippen molar-refractivity contribution in [3.8, 4) is 0 Å². The van der Waals surface area contributed by atoms with E-state index in [-0.39, 0.29) is 11.9 Å². The second-order valence-electron chi connectivity index (χ2n) is 4.80. The maximum atomic E-state index is 12.2. The summed E-state index contributed by atoms with van der Waals surface area (Å²) in [5.74, 6) is -0.130. The molecule has 1 atom stereocenters. The van der Waals surface area contributed by atoms with Gasteiger partial charge in [0.1, 0.15) is 4.21 Å². The Kier molecular flexibility index (Phi) is 5.14. The first-order valence-corrected chi connectivity index (χ1v) is 8.83. The summed E-state index contributed by atoms with van der Waals surface area (Å²) in [4.78, 5) is 11.7. The maximum Gasteiger partial charge on any atom is 0.250 e. The molecule has 0 radical (unpaired) electrons. The van der Waals surface area contributed by atoms with Gasteiger partial charge in [0.25, 0.3) is 0 Å². The smallest absolute Gasteiger partial charge is 0.250 e. The third-order valence-corrected chi connectivity index (χ3v) is 6.13. The molecule has 8 heteroatoms. The van der Waals surface area contributed by atoms with Gasteiger partial charge in [0.2, 0.25) is 15.9 Å². The number of hydrogen-bond acceptors (Lipinski definition) is 5. The lowest BCUT2D eigenvalue weighted by Gasteiger charge is -2.23. The van der Waals surface area contributed by atoms with Gasteiger partial charge in [0, 0.05) is 24.4 Å². The quantitative estimate of drug-likeness (QED) is 0.734. The molecule has 1 fully saturated rings. The van der Waals surface area contributed by atoms with Crippen molar-refractivity contribution in [1.82, 2.24) is 15.4 Å². The molecule has 1 unspecified atom stereocenters. The second kappa shape index (κ2) is 6.66. The summed E-state index contributed by atoms with van der Waals surface area (Å²) in [6.45, 7) is 3.41. The van der Waals surface area contributed by atoms with Crippen molar-refractivity contribution in [2.75, 3.05) is 13.1 Å². The standard InChI is InChI=1S/C12H19N3O3S2/c1-9(16)14-8-11-4-5-12(19-11)20(17,18)15-10-3-2-6-13-7-10/h4-5,10,13,15H,2-3,6-8H2,1H3,(H,14,16). The van der Waals surface area contributed by atoms with Crippen LogP contribution >= 0.6 is 11.3 Å². The molecule has 0 aromatic carbocycles. The maximum absolute atomic E-state index is 12.2. The minimum atomic E-state index is -3.46. The van der Waals surface area contributed by atoms with Gasteiger partial charge < -0.3 is 10.6 Å². The van der Waals surface area contributed by atoms with Crippen LogP contribution in [0, 0.1) is 0 Å². The molecular weight excluding hydrogens is 298 g/mol. The van der Waals surface area contributed by atoms with Crippen LogP contribution in [0.3, 0.4) is 0 Å². The van der Waals surface area contributed by atoms with Crippen LogP contribution in [0.1, 0.15) is 24.6 Å². The molecule has 0 saturated carbocycles. The van der Waals surface area contributed by atoms with E-state index in [1.54, 1.807) is 12.1 Å². The zero-order valence-electron chi connectivity index (χ0n) is 11.3. The average Bonchev–Trinajstić information content (AvgIpc) is 2.86. The van der Waals surface area contributed by atoms with Crippen LogP contribution in [0.15, 0.2) is 16.3 Å². The summed E-state index contributed by atoms with van der Waals surface area (Å²) in [6, 6.07) is 3.27. The van der Waals surface area contributed by atoms with Crippen molar-refractivity contribution in [1.29, 1.82) is 0 Å². The Morgan fingerprint density at radius 1 is 1.50 bits per heavy atom. The summed E-state index contributed by atoms with van der Waals surface area (Å²) in [5, 5.41) is 5.83. The fraction of sp³-hybridized carbons (Fsp3) is 0.583. The minimum absolute atomic E-state index is 0.0466. The van der Waals surface area contributed by atoms with Crippen molar-refractivity contribution in [3.05, 3.63) is 17.0 Å². The number of carbonyl (C=O) groups is 1. The van der Waals surface area contributed by atoms with Crippen LogP contribution in [-0.4, -0.2) is 33.5 Å². The van der Waals surface area contributed by atoms with Crippen LogP contribution in [0.4, 0.5) is 0 Å². The zero-order valence-corrected chi connectivity index (χ0v) is 12.9. The number of nitrogens with one attached hydrogen (secondary N) is 3. The monoisotopic (exact) mass is 317 g/mol. The van der Waals surface area contributed by atoms with E-state index in [1.165, 1.54) is 18.3 Å². The number of hydrogen-bond donors (Lipinski definition) is 3. The van der Waals surface area contributed by atoms with Crippen LogP contribution in [0.2, 0.25) is 0 Å². The number of sulfonamides is 1. The molecular formula is C12H19N3O3S2. The van der Waals surface area contributed by atoms with E-state index in [2.05, 4.69) is 15.4 Å². The number of amides is 1. The average molecular weight is 317 g/mol. The van der Waals surface area contributed by atoms with Crippen molar-refractivity contribution in [3.63, 3.8) is 0 Å². The molecule has 0 spiro atoms. The van der Waals surface area contributed by atoms with Gasteiger partial charge in [0.15, 0.2) is 0 Å². The molecule has 1 amide bonds. The Balaban J connectivity index is 1.99. The third-order valence-electron chi connectivity index (χ3n) is 3.03. The van der Waals surface area contributed by atoms with Crippen LogP contribution < -0.4 is 15.4 Å². The van der Waals surface area contributed by atoms with E-state index in [4.69, 9.17) is 0 Å². The van der Waals surface area contributed by atoms with Crippen LogP contribution in [0.25, 0.3) is 0 Å². The molecule has 3 N–H and O–H groups in total. The highest BCUT2D eigenvalue weighted by Crippen LogP contribution is 2.22. The lowest BCUT2D eigenvalue weighted by Crippen LogP contribution is -2.45. The number of carbonyl (C=O) groups excluding carboxylic acids is 1. The van der Waals surface area contributed by atoms with E-state index in [1.807, 2.05) is 0 Å². The van der Waals surface area contributed by atoms with Crippen molar-refractivity contribution < 1.29 is 13.2 Å². The van der Waals surface area contributed by atoms with Crippen LogP contribution in [0.5, 0.6) is 0 Å². The summed E-state index contributed by atoms with van der Waals surface area (Å²) in [7, 11) is -3.46. The van der Waals surface area contributed by atoms with Gasteiger partial charge in [-0.25, -0.2) is 13.1 Å². The topological polar surface area (TPSA) is 87.3 Å². The van der Waals surface area contributed by atoms with Gasteiger partial charge in [0.05, 0.1) is 6.54 Å². The Morgan fingerprint density at radius 3 is 2.95 bits per heavy atom. The van der Waals surface area contributed by atoms with Crippen molar-refractivity contribution >= 4 is 27.3 Å². The summed E-state index contributed by atoms with van der Waals surface area (Å²) < 4.78 is 27.5. The van der Waals surface area contributed by atoms with E-state index in [9.17, 15) is 13.2 Å². The molecule has 1 aliphatic heterocycles. The molecule has 1 saturated heterocycles. The summed E-state index contributed by atoms with van der Waals surface area (Å²) in [6.07, 6.45) is 1.84. The Labute approximate surface area is 123 Å². The third kappa shape index (κ3) is 4.27. The Bertz CT molecular complexity index is 562. The normalized spacial score (nSPS) is 19.8. The molecule has 0 aliphatic carbocycles. The predicted octanol–water partition coefficient (Wildman–Crippen LogP) is 0.414. The number of thiophene rings is 1. The number of piperidine rings is 1. The molecule has 112 valence electrons. The first-order valence-electron chi connectivity index (χ1n) is 6.53. The first-order chi connectivity index (χ1) is 9.47. The molecule has 2 rings (SSSR count). The van der Waals surface area contributed by atoms with Gasteiger partial charge in [-0.15, -0.1) is 11.3 Å². The first kappa shape index (κ1) is 15.4. The Hall–Kier alpha value is -0.960. The molecule has 0 bridgehead atoms. The highest BCUT2D eigenvalue weighted by Gasteiger charge is 2.23. The highest BCUT2D eigenvalue weighted by molar-refractivity contribution is 7.91. The summed E-state index contributed by atoms with van der Waals surface area (Å²) >= 11 is 1.18. The predicted molar refractivity (Wildman–Crippen MR) is 78.1 cm³/mol. The van der Waals surface area contributed by atoms with E-state index in [0.29, 0.717) is 17.3 Å². The highest BCUT2D eigenvalue weighted by atomic mass is 32.2. The van der Waals surface area contributed by atoms with Gasteiger partial charge in [-0.2, -0.15) is 0 Å². The lowest BCUT2D eigenvalue weighted by atomic mass is 10.1. The van der Waals surface area contributed by atoms with Crippen LogP contribution in [-0.2, 0) is 21.4 Å². The summed E-state index contributed by atoms with van der Waals surface area (Å²) in [5.41, 5.74) is 0. The van der Waals surface area contributed by atoms with Crippen molar-refractivity contribution in [2.45, 2.75) is 36.6 Å². The molecule has 1 aromatic rings. The Morgan fingerprint density at radius 2 is 2.30 bits per heavy atom. The fourth-order valence-electron chi connectivity index (χ4n) is 2.04. The van der Waals surface area contributed by atoms with Gasteiger partial charge in [-0.05, 0) is 31.5 Å². The van der Waals surface area contributed by atoms with Gasteiger partial charge in [-0.3, -0.25) is 4.79 Å². The SMILES string of the molecule is CC(=O)NCc1ccc(S(=O)(=O)NC2CCCNC2)s1. The largest absolute Gasteiger partial charge is 0.351 e. The molecule has 20 heavy (non-hydrogen) atoms. The van der Waals surface area contributed by atoms with E-state index >= 15 is 0 Å². The van der Waals surface area contributed by atoms with Gasteiger partial charge >= 0.3 is 0 Å². The molecule has 2 heterocycles. The minimum Gasteiger partial charge on any atom is -0.351 e. The van der Waals surface area contributed by atoms with E-state index in [0.717, 1.165) is 24.3 Å². The van der Waals surface area contributed by atoms with E-state index < -0.39 is 10.0 Å². The zero-order chi connectivity index (χ0) is 14.6. The van der Waals surface area contributed by atoms with Crippen molar-refractivity contribution in [2.24, 2.45) is 0 Å². The van der Waals surface area contributed by atoms with Gasteiger partial charge in [-0.1, -0.05) is 0 Å². The fourth-order valence-corrected chi connectivity index (χ4v) is 4.62. The molecule has 6 nitrogen and oxygen atoms in total. The second-order valence-corrected chi connectivity index (χ2v) is 7.90. The lowest BCUT2D eigenvalue weighted by molar-refractivity contribution is -0.119. The molecule has 1 aliphatic rings. The molecule has 1 aromatic heterocycles. The number of rotatable bonds is 5.